The Kier molecular flexibility index (Phi) is 4.32. The van der Waals surface area contributed by atoms with Crippen molar-refractivity contribution in [1.82, 2.24) is 0 Å². The summed E-state index contributed by atoms with van der Waals surface area (Å²) in [5.41, 5.74) is -0.582. The van der Waals surface area contributed by atoms with Gasteiger partial charge >= 0.3 is 0 Å². The van der Waals surface area contributed by atoms with Crippen molar-refractivity contribution in [2.45, 2.75) is 30.8 Å². The van der Waals surface area contributed by atoms with E-state index in [2.05, 4.69) is 0 Å². The summed E-state index contributed by atoms with van der Waals surface area (Å²) in [6.07, 6.45) is 0.653. The van der Waals surface area contributed by atoms with E-state index in [9.17, 15) is 15.2 Å². The second-order valence-corrected chi connectivity index (χ2v) is 5.33. The minimum absolute atomic E-state index is 0.105. The van der Waals surface area contributed by atoms with E-state index in [4.69, 9.17) is 0 Å². The molecular weight excluding hydrogens is 226 g/mol. The SMILES string of the molecule is CC(C)(O)CCSc1cccc([N+](=O)[O-])c1. The second kappa shape index (κ2) is 5.32. The zero-order valence-electron chi connectivity index (χ0n) is 9.34. The van der Waals surface area contributed by atoms with E-state index < -0.39 is 10.5 Å². The minimum Gasteiger partial charge on any atom is -0.390 e. The fourth-order valence-corrected chi connectivity index (χ4v) is 2.32. The smallest absolute Gasteiger partial charge is 0.270 e. The monoisotopic (exact) mass is 241 g/mol. The lowest BCUT2D eigenvalue weighted by atomic mass is 10.1. The highest BCUT2D eigenvalue weighted by molar-refractivity contribution is 7.99. The molecule has 0 aliphatic carbocycles. The van der Waals surface area contributed by atoms with E-state index in [1.54, 1.807) is 26.0 Å². The molecule has 1 aromatic rings. The number of non-ortho nitro benzene ring substituents is 1. The van der Waals surface area contributed by atoms with E-state index >= 15 is 0 Å². The third kappa shape index (κ3) is 4.63. The molecule has 1 N–H and O–H groups in total. The lowest BCUT2D eigenvalue weighted by Gasteiger charge is -2.15. The maximum absolute atomic E-state index is 10.5. The molecule has 0 atom stereocenters. The molecule has 0 aromatic heterocycles. The Morgan fingerprint density at radius 1 is 1.50 bits per heavy atom. The zero-order valence-corrected chi connectivity index (χ0v) is 10.2. The van der Waals surface area contributed by atoms with Crippen LogP contribution in [0.5, 0.6) is 0 Å². The topological polar surface area (TPSA) is 63.4 Å². The summed E-state index contributed by atoms with van der Waals surface area (Å²) in [6, 6.07) is 6.53. The van der Waals surface area contributed by atoms with Gasteiger partial charge in [0.1, 0.15) is 0 Å². The summed E-state index contributed by atoms with van der Waals surface area (Å²) >= 11 is 1.51. The number of aliphatic hydroxyl groups is 1. The van der Waals surface area contributed by atoms with Crippen LogP contribution in [0.4, 0.5) is 5.69 Å². The maximum atomic E-state index is 10.5. The molecule has 0 amide bonds. The highest BCUT2D eigenvalue weighted by atomic mass is 32.2. The van der Waals surface area contributed by atoms with Gasteiger partial charge in [0.25, 0.3) is 5.69 Å². The normalized spacial score (nSPS) is 11.4. The summed E-state index contributed by atoms with van der Waals surface area (Å²) in [4.78, 5) is 11.0. The predicted molar refractivity (Wildman–Crippen MR) is 64.7 cm³/mol. The Bertz CT molecular complexity index is 374. The van der Waals surface area contributed by atoms with Gasteiger partial charge in [-0.3, -0.25) is 10.1 Å². The lowest BCUT2D eigenvalue weighted by Crippen LogP contribution is -2.18. The summed E-state index contributed by atoms with van der Waals surface area (Å²) in [7, 11) is 0. The van der Waals surface area contributed by atoms with Crippen LogP contribution in [-0.4, -0.2) is 21.4 Å². The van der Waals surface area contributed by atoms with E-state index in [0.717, 1.165) is 10.6 Å². The molecule has 0 spiro atoms. The maximum Gasteiger partial charge on any atom is 0.270 e. The molecule has 0 saturated carbocycles. The fourth-order valence-electron chi connectivity index (χ4n) is 1.11. The first kappa shape index (κ1) is 13.0. The van der Waals surface area contributed by atoms with Gasteiger partial charge in [-0.25, -0.2) is 0 Å². The van der Waals surface area contributed by atoms with Gasteiger partial charge in [0.05, 0.1) is 10.5 Å². The molecule has 0 saturated heterocycles. The van der Waals surface area contributed by atoms with Gasteiger partial charge < -0.3 is 5.11 Å². The van der Waals surface area contributed by atoms with Crippen LogP contribution in [0.1, 0.15) is 20.3 Å². The molecule has 0 unspecified atom stereocenters. The average Bonchev–Trinajstić information content (AvgIpc) is 2.16. The average molecular weight is 241 g/mol. The van der Waals surface area contributed by atoms with Crippen molar-refractivity contribution in [1.29, 1.82) is 0 Å². The molecule has 88 valence electrons. The van der Waals surface area contributed by atoms with Crippen molar-refractivity contribution in [2.24, 2.45) is 0 Å². The van der Waals surface area contributed by atoms with Crippen LogP contribution >= 0.6 is 11.8 Å². The van der Waals surface area contributed by atoms with Crippen molar-refractivity contribution in [3.63, 3.8) is 0 Å². The van der Waals surface area contributed by atoms with Crippen molar-refractivity contribution >= 4 is 17.4 Å². The molecule has 16 heavy (non-hydrogen) atoms. The van der Waals surface area contributed by atoms with Gasteiger partial charge in [-0.2, -0.15) is 0 Å². The first-order valence-electron chi connectivity index (χ1n) is 4.98. The molecule has 0 aliphatic rings. The van der Waals surface area contributed by atoms with Gasteiger partial charge in [0.2, 0.25) is 0 Å². The van der Waals surface area contributed by atoms with Gasteiger partial charge in [0.15, 0.2) is 0 Å². The number of rotatable bonds is 5. The first-order chi connectivity index (χ1) is 7.38. The lowest BCUT2D eigenvalue weighted by molar-refractivity contribution is -0.385. The number of nitrogens with zero attached hydrogens (tertiary/aromatic N) is 1. The van der Waals surface area contributed by atoms with Crippen LogP contribution in [0.3, 0.4) is 0 Å². The molecule has 4 nitrogen and oxygen atoms in total. The largest absolute Gasteiger partial charge is 0.390 e. The van der Waals surface area contributed by atoms with Crippen LogP contribution in [0.25, 0.3) is 0 Å². The molecule has 0 radical (unpaired) electrons. The molecule has 1 rings (SSSR count). The second-order valence-electron chi connectivity index (χ2n) is 4.17. The summed E-state index contributed by atoms with van der Waals surface area (Å²) in [5, 5.41) is 20.1. The van der Waals surface area contributed by atoms with Crippen molar-refractivity contribution in [3.8, 4) is 0 Å². The highest BCUT2D eigenvalue weighted by Crippen LogP contribution is 2.25. The van der Waals surface area contributed by atoms with E-state index in [1.807, 2.05) is 6.07 Å². The Labute approximate surface area is 98.8 Å². The number of nitro benzene ring substituents is 1. The van der Waals surface area contributed by atoms with Gasteiger partial charge in [-0.05, 0) is 26.3 Å². The van der Waals surface area contributed by atoms with E-state index in [-0.39, 0.29) is 5.69 Å². The van der Waals surface area contributed by atoms with Crippen LogP contribution in [-0.2, 0) is 0 Å². The van der Waals surface area contributed by atoms with Gasteiger partial charge in [-0.15, -0.1) is 11.8 Å². The molecular formula is C11H15NO3S. The van der Waals surface area contributed by atoms with Crippen LogP contribution in [0.2, 0.25) is 0 Å². The Morgan fingerprint density at radius 2 is 2.19 bits per heavy atom. The molecule has 0 aliphatic heterocycles. The fraction of sp³-hybridized carbons (Fsp3) is 0.455. The number of hydrogen-bond acceptors (Lipinski definition) is 4. The number of hydrogen-bond donors (Lipinski definition) is 1. The van der Waals surface area contributed by atoms with Crippen molar-refractivity contribution < 1.29 is 10.0 Å². The van der Waals surface area contributed by atoms with Crippen molar-refractivity contribution in [2.75, 3.05) is 5.75 Å². The van der Waals surface area contributed by atoms with Gasteiger partial charge in [-0.1, -0.05) is 6.07 Å². The Balaban J connectivity index is 2.55. The molecule has 0 fully saturated rings. The third-order valence-electron chi connectivity index (χ3n) is 2.01. The molecule has 0 bridgehead atoms. The van der Waals surface area contributed by atoms with Crippen LogP contribution in [0, 0.1) is 10.1 Å². The first-order valence-corrected chi connectivity index (χ1v) is 5.97. The van der Waals surface area contributed by atoms with Crippen LogP contribution < -0.4 is 0 Å². The number of benzene rings is 1. The number of thioether (sulfide) groups is 1. The van der Waals surface area contributed by atoms with Crippen molar-refractivity contribution in [3.05, 3.63) is 34.4 Å². The predicted octanol–water partition coefficient (Wildman–Crippen LogP) is 2.85. The van der Waals surface area contributed by atoms with Gasteiger partial charge in [0, 0.05) is 22.8 Å². The minimum atomic E-state index is -0.687. The van der Waals surface area contributed by atoms with E-state index in [0.29, 0.717) is 6.42 Å². The summed E-state index contributed by atoms with van der Waals surface area (Å²) < 4.78 is 0. The standard InChI is InChI=1S/C11H15NO3S/c1-11(2,13)6-7-16-10-5-3-4-9(8-10)12(14)15/h3-5,8,13H,6-7H2,1-2H3. The molecule has 0 heterocycles. The summed E-state index contributed by atoms with van der Waals surface area (Å²) in [5.74, 6) is 0.741. The molecule has 1 aromatic carbocycles. The third-order valence-corrected chi connectivity index (χ3v) is 3.01. The number of nitro groups is 1. The zero-order chi connectivity index (χ0) is 12.2. The quantitative estimate of drug-likeness (QED) is 0.489. The van der Waals surface area contributed by atoms with E-state index in [1.165, 1.54) is 17.8 Å². The summed E-state index contributed by atoms with van der Waals surface area (Å²) in [6.45, 7) is 3.50. The Hall–Kier alpha value is -1.07. The molecule has 5 heteroatoms. The highest BCUT2D eigenvalue weighted by Gasteiger charge is 2.12. The Morgan fingerprint density at radius 3 is 2.75 bits per heavy atom. The van der Waals surface area contributed by atoms with Crippen LogP contribution in [0.15, 0.2) is 29.2 Å².